The first kappa shape index (κ1) is 16.0. The van der Waals surface area contributed by atoms with Gasteiger partial charge in [0.1, 0.15) is 11.4 Å². The van der Waals surface area contributed by atoms with Crippen LogP contribution in [0.5, 0.6) is 5.75 Å². The van der Waals surface area contributed by atoms with Crippen molar-refractivity contribution < 1.29 is 9.84 Å². The number of rotatable bonds is 3. The zero-order valence-corrected chi connectivity index (χ0v) is 14.1. The molecule has 5 nitrogen and oxygen atoms in total. The Morgan fingerprint density at radius 2 is 2.04 bits per heavy atom. The van der Waals surface area contributed by atoms with Crippen molar-refractivity contribution in [3.05, 3.63) is 65.2 Å². The maximum absolute atomic E-state index is 10.9. The minimum atomic E-state index is -0.920. The lowest BCUT2D eigenvalue weighted by molar-refractivity contribution is 0.0485. The molecule has 2 aromatic rings. The number of fused-ring (bicyclic) bond motifs is 2. The van der Waals surface area contributed by atoms with Crippen LogP contribution in [0.15, 0.2) is 53.5 Å². The molecule has 2 aliphatic rings. The lowest BCUT2D eigenvalue weighted by Gasteiger charge is -2.27. The lowest BCUT2D eigenvalue weighted by Crippen LogP contribution is -2.38. The molecule has 130 valence electrons. The van der Waals surface area contributed by atoms with Gasteiger partial charge in [0, 0.05) is 12.0 Å². The average molecular weight is 337 g/mol. The van der Waals surface area contributed by atoms with Crippen molar-refractivity contribution >= 4 is 5.96 Å². The lowest BCUT2D eigenvalue weighted by atomic mass is 9.96. The van der Waals surface area contributed by atoms with Crippen molar-refractivity contribution in [3.8, 4) is 5.75 Å². The van der Waals surface area contributed by atoms with E-state index in [4.69, 9.17) is 10.5 Å². The maximum Gasteiger partial charge on any atom is 0.189 e. The van der Waals surface area contributed by atoms with E-state index in [1.807, 2.05) is 42.5 Å². The molecule has 5 heteroatoms. The summed E-state index contributed by atoms with van der Waals surface area (Å²) >= 11 is 0. The van der Waals surface area contributed by atoms with Crippen LogP contribution in [0.1, 0.15) is 35.6 Å². The number of nitrogens with zero attached hydrogens (tertiary/aromatic N) is 1. The summed E-state index contributed by atoms with van der Waals surface area (Å²) in [5.41, 5.74) is 8.45. The summed E-state index contributed by atoms with van der Waals surface area (Å²) in [6.45, 7) is 0.924. The molecule has 25 heavy (non-hydrogen) atoms. The zero-order valence-electron chi connectivity index (χ0n) is 14.1. The second-order valence-corrected chi connectivity index (χ2v) is 6.76. The van der Waals surface area contributed by atoms with Crippen LogP contribution in [0.3, 0.4) is 0 Å². The van der Waals surface area contributed by atoms with Crippen molar-refractivity contribution in [2.24, 2.45) is 10.7 Å². The summed E-state index contributed by atoms with van der Waals surface area (Å²) in [6, 6.07) is 16.1. The summed E-state index contributed by atoms with van der Waals surface area (Å²) < 4.78 is 5.67. The normalized spacial score (nSPS) is 25.0. The number of hydrogen-bond acceptors (Lipinski definition) is 3. The number of aliphatic hydroxyl groups is 1. The van der Waals surface area contributed by atoms with Gasteiger partial charge in [-0.3, -0.25) is 4.99 Å². The minimum Gasteiger partial charge on any atom is -0.493 e. The predicted molar refractivity (Wildman–Crippen MR) is 97.6 cm³/mol. The van der Waals surface area contributed by atoms with Gasteiger partial charge in [-0.1, -0.05) is 42.5 Å². The quantitative estimate of drug-likeness (QED) is 0.593. The fourth-order valence-electron chi connectivity index (χ4n) is 3.76. The highest BCUT2D eigenvalue weighted by Crippen LogP contribution is 2.37. The first-order valence-electron chi connectivity index (χ1n) is 8.75. The van der Waals surface area contributed by atoms with Crippen LogP contribution in [-0.4, -0.2) is 24.2 Å². The van der Waals surface area contributed by atoms with Crippen molar-refractivity contribution in [2.75, 3.05) is 13.2 Å². The Morgan fingerprint density at radius 1 is 1.24 bits per heavy atom. The monoisotopic (exact) mass is 337 g/mol. The molecule has 0 saturated carbocycles. The SMILES string of the molecule is NC(=NCC1(O)CCc2ccccc21)NC1CCOc2ccccc21. The van der Waals surface area contributed by atoms with Crippen LogP contribution in [0, 0.1) is 0 Å². The van der Waals surface area contributed by atoms with E-state index in [0.29, 0.717) is 19.0 Å². The van der Waals surface area contributed by atoms with E-state index in [2.05, 4.69) is 16.4 Å². The Hall–Kier alpha value is -2.53. The molecule has 1 heterocycles. The van der Waals surface area contributed by atoms with E-state index in [0.717, 1.165) is 29.7 Å². The van der Waals surface area contributed by atoms with E-state index < -0.39 is 5.60 Å². The van der Waals surface area contributed by atoms with E-state index in [-0.39, 0.29) is 12.6 Å². The Balaban J connectivity index is 1.47. The number of para-hydroxylation sites is 1. The number of ether oxygens (including phenoxy) is 1. The summed E-state index contributed by atoms with van der Waals surface area (Å²) in [6.07, 6.45) is 2.40. The van der Waals surface area contributed by atoms with Gasteiger partial charge in [-0.05, 0) is 30.0 Å². The minimum absolute atomic E-state index is 0.0826. The largest absolute Gasteiger partial charge is 0.493 e. The molecular weight excluding hydrogens is 314 g/mol. The Labute approximate surface area is 147 Å². The third-order valence-electron chi connectivity index (χ3n) is 5.12. The first-order valence-corrected chi connectivity index (χ1v) is 8.75. The maximum atomic E-state index is 10.9. The molecule has 0 radical (unpaired) electrons. The van der Waals surface area contributed by atoms with Gasteiger partial charge in [0.05, 0.1) is 19.2 Å². The number of nitrogens with one attached hydrogen (secondary N) is 1. The molecule has 0 aromatic heterocycles. The van der Waals surface area contributed by atoms with Gasteiger partial charge in [-0.2, -0.15) is 0 Å². The first-order chi connectivity index (χ1) is 12.2. The summed E-state index contributed by atoms with van der Waals surface area (Å²) in [5, 5.41) is 14.2. The average Bonchev–Trinajstić information content (AvgIpc) is 2.98. The highest BCUT2D eigenvalue weighted by molar-refractivity contribution is 5.78. The number of benzene rings is 2. The molecule has 0 saturated heterocycles. The van der Waals surface area contributed by atoms with Gasteiger partial charge in [-0.15, -0.1) is 0 Å². The smallest absolute Gasteiger partial charge is 0.189 e. The zero-order chi connectivity index (χ0) is 17.3. The molecule has 2 unspecified atom stereocenters. The van der Waals surface area contributed by atoms with Gasteiger partial charge in [0.25, 0.3) is 0 Å². The molecule has 1 aliphatic heterocycles. The highest BCUT2D eigenvalue weighted by atomic mass is 16.5. The number of aliphatic imine (C=N–C) groups is 1. The van der Waals surface area contributed by atoms with Crippen molar-refractivity contribution in [2.45, 2.75) is 30.9 Å². The van der Waals surface area contributed by atoms with Crippen LogP contribution in [0.2, 0.25) is 0 Å². The number of guanidine groups is 1. The van der Waals surface area contributed by atoms with E-state index in [1.165, 1.54) is 5.56 Å². The summed E-state index contributed by atoms with van der Waals surface area (Å²) in [4.78, 5) is 4.44. The second-order valence-electron chi connectivity index (χ2n) is 6.76. The van der Waals surface area contributed by atoms with Gasteiger partial charge in [-0.25, -0.2) is 0 Å². The molecule has 4 rings (SSSR count). The molecule has 2 aromatic carbocycles. The van der Waals surface area contributed by atoms with Gasteiger partial charge < -0.3 is 20.9 Å². The van der Waals surface area contributed by atoms with Crippen LogP contribution in [-0.2, 0) is 12.0 Å². The molecular formula is C20H23N3O2. The molecule has 0 bridgehead atoms. The fourth-order valence-corrected chi connectivity index (χ4v) is 3.76. The molecule has 1 aliphatic carbocycles. The van der Waals surface area contributed by atoms with Crippen LogP contribution in [0.4, 0.5) is 0 Å². The molecule has 2 atom stereocenters. The summed E-state index contributed by atoms with van der Waals surface area (Å²) in [7, 11) is 0. The Bertz CT molecular complexity index is 805. The van der Waals surface area contributed by atoms with Crippen LogP contribution in [0.25, 0.3) is 0 Å². The topological polar surface area (TPSA) is 79.9 Å². The fraction of sp³-hybridized carbons (Fsp3) is 0.350. The number of aryl methyl sites for hydroxylation is 1. The van der Waals surface area contributed by atoms with Crippen LogP contribution < -0.4 is 15.8 Å². The van der Waals surface area contributed by atoms with Crippen molar-refractivity contribution in [1.29, 1.82) is 0 Å². The van der Waals surface area contributed by atoms with Crippen molar-refractivity contribution in [1.82, 2.24) is 5.32 Å². The van der Waals surface area contributed by atoms with E-state index in [1.54, 1.807) is 0 Å². The van der Waals surface area contributed by atoms with Gasteiger partial charge in [0.15, 0.2) is 5.96 Å². The Kier molecular flexibility index (Phi) is 4.09. The number of nitrogens with two attached hydrogens (primary N) is 1. The van der Waals surface area contributed by atoms with Crippen molar-refractivity contribution in [3.63, 3.8) is 0 Å². The number of hydrogen-bond donors (Lipinski definition) is 3. The second kappa shape index (κ2) is 6.41. The van der Waals surface area contributed by atoms with E-state index in [9.17, 15) is 5.11 Å². The van der Waals surface area contributed by atoms with Gasteiger partial charge in [0.2, 0.25) is 0 Å². The molecule has 0 amide bonds. The van der Waals surface area contributed by atoms with Crippen LogP contribution >= 0.6 is 0 Å². The standard InChI is InChI=1S/C20H23N3O2/c21-19(23-17-10-12-25-18-8-4-2-6-15(17)18)22-13-20(24)11-9-14-5-1-3-7-16(14)20/h1-8,17,24H,9-13H2,(H3,21,22,23). The predicted octanol–water partition coefficient (Wildman–Crippen LogP) is 2.25. The Morgan fingerprint density at radius 3 is 2.96 bits per heavy atom. The highest BCUT2D eigenvalue weighted by Gasteiger charge is 2.36. The third kappa shape index (κ3) is 3.07. The molecule has 0 fully saturated rings. The summed E-state index contributed by atoms with van der Waals surface area (Å²) in [5.74, 6) is 1.25. The molecule has 4 N–H and O–H groups in total. The third-order valence-corrected chi connectivity index (χ3v) is 5.12. The molecule has 0 spiro atoms. The van der Waals surface area contributed by atoms with Gasteiger partial charge >= 0.3 is 0 Å². The van der Waals surface area contributed by atoms with E-state index >= 15 is 0 Å².